The zero-order valence-corrected chi connectivity index (χ0v) is 19.0. The molecule has 3 aromatic rings. The van der Waals surface area contributed by atoms with E-state index in [9.17, 15) is 4.79 Å². The molecule has 1 heterocycles. The first-order valence-electron chi connectivity index (χ1n) is 9.95. The van der Waals surface area contributed by atoms with Crippen LogP contribution in [0.25, 0.3) is 0 Å². The summed E-state index contributed by atoms with van der Waals surface area (Å²) < 4.78 is 11.1. The maximum absolute atomic E-state index is 13.0. The van der Waals surface area contributed by atoms with Crippen LogP contribution in [0, 0.1) is 13.8 Å². The first-order valence-corrected chi connectivity index (χ1v) is 10.8. The molecule has 0 N–H and O–H groups in total. The van der Waals surface area contributed by atoms with Gasteiger partial charge in [0, 0.05) is 17.0 Å². The van der Waals surface area contributed by atoms with E-state index < -0.39 is 0 Å². The molecule has 0 radical (unpaired) electrons. The molecule has 30 heavy (non-hydrogen) atoms. The molecule has 0 aliphatic carbocycles. The Hall–Kier alpha value is -2.86. The van der Waals surface area contributed by atoms with Crippen molar-refractivity contribution in [3.05, 3.63) is 75.2 Å². The summed E-state index contributed by atoms with van der Waals surface area (Å²) in [4.78, 5) is 19.5. The van der Waals surface area contributed by atoms with Crippen molar-refractivity contribution in [3.8, 4) is 11.5 Å². The first kappa shape index (κ1) is 21.8. The van der Waals surface area contributed by atoms with Gasteiger partial charge in [0.15, 0.2) is 0 Å². The molecule has 1 amide bonds. The minimum Gasteiger partial charge on any atom is -0.497 e. The number of ether oxygens (including phenoxy) is 2. The normalized spacial score (nSPS) is 10.9. The number of hydrogen-bond acceptors (Lipinski definition) is 5. The lowest BCUT2D eigenvalue weighted by Gasteiger charge is -2.26. The van der Waals surface area contributed by atoms with Gasteiger partial charge in [0.05, 0.1) is 19.3 Å². The van der Waals surface area contributed by atoms with Gasteiger partial charge in [-0.3, -0.25) is 4.79 Å². The van der Waals surface area contributed by atoms with Crippen LogP contribution < -0.4 is 9.47 Å². The number of methoxy groups -OCH3 is 1. The van der Waals surface area contributed by atoms with Gasteiger partial charge in [0.2, 0.25) is 0 Å². The van der Waals surface area contributed by atoms with E-state index in [4.69, 9.17) is 9.47 Å². The van der Waals surface area contributed by atoms with Crippen LogP contribution in [-0.4, -0.2) is 28.9 Å². The van der Waals surface area contributed by atoms with Gasteiger partial charge >= 0.3 is 0 Å². The van der Waals surface area contributed by atoms with Gasteiger partial charge in [0.1, 0.15) is 23.1 Å². The van der Waals surface area contributed by atoms with E-state index in [0.717, 1.165) is 22.2 Å². The zero-order valence-electron chi connectivity index (χ0n) is 18.1. The largest absolute Gasteiger partial charge is 0.497 e. The van der Waals surface area contributed by atoms with Gasteiger partial charge in [0.25, 0.3) is 5.91 Å². The van der Waals surface area contributed by atoms with Gasteiger partial charge in [-0.1, -0.05) is 6.07 Å². The zero-order chi connectivity index (χ0) is 21.7. The Morgan fingerprint density at radius 3 is 2.40 bits per heavy atom. The highest BCUT2D eigenvalue weighted by Gasteiger charge is 2.20. The Labute approximate surface area is 182 Å². The molecular formula is C24H28N2O3S. The summed E-state index contributed by atoms with van der Waals surface area (Å²) in [7, 11) is 1.61. The number of amides is 1. The fourth-order valence-corrected chi connectivity index (χ4v) is 3.70. The van der Waals surface area contributed by atoms with E-state index in [0.29, 0.717) is 18.7 Å². The standard InChI is InChI=1S/C24H28N2O3S/c1-16(2)26(24(27)19-7-10-21(28-5)11-8-19)13-20-15-30-23(25-20)14-29-22-9-6-17(3)18(4)12-22/h6-12,15-16H,13-14H2,1-5H3. The number of thiazole rings is 1. The molecule has 2 aromatic carbocycles. The average Bonchev–Trinajstić information content (AvgIpc) is 3.20. The van der Waals surface area contributed by atoms with E-state index >= 15 is 0 Å². The highest BCUT2D eigenvalue weighted by Crippen LogP contribution is 2.21. The Balaban J connectivity index is 1.65. The topological polar surface area (TPSA) is 51.7 Å². The van der Waals surface area contributed by atoms with Crippen molar-refractivity contribution in [1.82, 2.24) is 9.88 Å². The predicted molar refractivity (Wildman–Crippen MR) is 120 cm³/mol. The summed E-state index contributed by atoms with van der Waals surface area (Å²) >= 11 is 1.55. The van der Waals surface area contributed by atoms with Crippen molar-refractivity contribution in [2.24, 2.45) is 0 Å². The van der Waals surface area contributed by atoms with Crippen LogP contribution >= 0.6 is 11.3 Å². The van der Waals surface area contributed by atoms with Gasteiger partial charge in [-0.15, -0.1) is 11.3 Å². The quantitative estimate of drug-likeness (QED) is 0.486. The van der Waals surface area contributed by atoms with E-state index in [1.165, 1.54) is 11.1 Å². The van der Waals surface area contributed by atoms with Crippen LogP contribution in [0.15, 0.2) is 47.8 Å². The van der Waals surface area contributed by atoms with Crippen LogP contribution in [0.2, 0.25) is 0 Å². The number of nitrogens with zero attached hydrogens (tertiary/aromatic N) is 2. The molecule has 0 spiro atoms. The van der Waals surface area contributed by atoms with E-state index in [2.05, 4.69) is 24.9 Å². The van der Waals surface area contributed by atoms with Crippen LogP contribution in [0.4, 0.5) is 0 Å². The predicted octanol–water partition coefficient (Wildman–Crippen LogP) is 5.40. The second kappa shape index (κ2) is 9.76. The monoisotopic (exact) mass is 424 g/mol. The molecular weight excluding hydrogens is 396 g/mol. The average molecular weight is 425 g/mol. The fourth-order valence-electron chi connectivity index (χ4n) is 3.00. The number of benzene rings is 2. The van der Waals surface area contributed by atoms with Gasteiger partial charge in [-0.2, -0.15) is 0 Å². The van der Waals surface area contributed by atoms with Crippen LogP contribution in [0.3, 0.4) is 0 Å². The van der Waals surface area contributed by atoms with Crippen LogP contribution in [-0.2, 0) is 13.2 Å². The molecule has 158 valence electrons. The summed E-state index contributed by atoms with van der Waals surface area (Å²) in [5, 5.41) is 2.89. The molecule has 0 atom stereocenters. The van der Waals surface area contributed by atoms with Gasteiger partial charge in [-0.25, -0.2) is 4.98 Å². The molecule has 0 saturated carbocycles. The fraction of sp³-hybridized carbons (Fsp3) is 0.333. The Morgan fingerprint density at radius 2 is 1.77 bits per heavy atom. The third kappa shape index (κ3) is 5.39. The summed E-state index contributed by atoms with van der Waals surface area (Å²) in [5.41, 5.74) is 3.96. The molecule has 0 unspecified atom stereocenters. The van der Waals surface area contributed by atoms with E-state index in [1.807, 2.05) is 36.3 Å². The summed E-state index contributed by atoms with van der Waals surface area (Å²) in [6.45, 7) is 9.06. The highest BCUT2D eigenvalue weighted by atomic mass is 32.1. The number of aryl methyl sites for hydroxylation is 2. The maximum atomic E-state index is 13.0. The molecule has 6 heteroatoms. The summed E-state index contributed by atoms with van der Waals surface area (Å²) in [5.74, 6) is 1.55. The van der Waals surface area contributed by atoms with E-state index in [-0.39, 0.29) is 11.9 Å². The van der Waals surface area contributed by atoms with Crippen molar-refractivity contribution in [3.63, 3.8) is 0 Å². The lowest BCUT2D eigenvalue weighted by Crippen LogP contribution is -2.36. The number of carbonyl (C=O) groups excluding carboxylic acids is 1. The minimum absolute atomic E-state index is 0.0198. The number of aromatic nitrogens is 1. The molecule has 0 aliphatic rings. The molecule has 3 rings (SSSR count). The second-order valence-electron chi connectivity index (χ2n) is 7.52. The molecule has 0 fully saturated rings. The number of carbonyl (C=O) groups is 1. The SMILES string of the molecule is COc1ccc(C(=O)N(Cc2csc(COc3ccc(C)c(C)c3)n2)C(C)C)cc1. The third-order valence-electron chi connectivity index (χ3n) is 4.99. The highest BCUT2D eigenvalue weighted by molar-refractivity contribution is 7.09. The van der Waals surface area contributed by atoms with E-state index in [1.54, 1.807) is 42.7 Å². The van der Waals surface area contributed by atoms with Crippen LogP contribution in [0.1, 0.15) is 46.0 Å². The van der Waals surface area contributed by atoms with Gasteiger partial charge in [-0.05, 0) is 75.2 Å². The smallest absolute Gasteiger partial charge is 0.254 e. The molecule has 5 nitrogen and oxygen atoms in total. The second-order valence-corrected chi connectivity index (χ2v) is 8.47. The third-order valence-corrected chi connectivity index (χ3v) is 5.86. The minimum atomic E-state index is -0.0198. The van der Waals surface area contributed by atoms with Crippen molar-refractivity contribution in [1.29, 1.82) is 0 Å². The number of hydrogen-bond donors (Lipinski definition) is 0. The maximum Gasteiger partial charge on any atom is 0.254 e. The first-order chi connectivity index (χ1) is 14.4. The summed E-state index contributed by atoms with van der Waals surface area (Å²) in [6, 6.07) is 13.3. The Kier molecular flexibility index (Phi) is 7.11. The number of rotatable bonds is 8. The van der Waals surface area contributed by atoms with Crippen molar-refractivity contribution < 1.29 is 14.3 Å². The molecule has 1 aromatic heterocycles. The summed E-state index contributed by atoms with van der Waals surface area (Å²) in [6.07, 6.45) is 0. The molecule has 0 saturated heterocycles. The van der Waals surface area contributed by atoms with Crippen LogP contribution in [0.5, 0.6) is 11.5 Å². The molecule has 0 bridgehead atoms. The van der Waals surface area contributed by atoms with Crippen molar-refractivity contribution in [2.45, 2.75) is 46.9 Å². The lowest BCUT2D eigenvalue weighted by molar-refractivity contribution is 0.0688. The Morgan fingerprint density at radius 1 is 1.07 bits per heavy atom. The lowest BCUT2D eigenvalue weighted by atomic mass is 10.1. The van der Waals surface area contributed by atoms with Gasteiger partial charge < -0.3 is 14.4 Å². The van der Waals surface area contributed by atoms with Crippen molar-refractivity contribution in [2.75, 3.05) is 7.11 Å². The Bertz CT molecular complexity index is 996. The van der Waals surface area contributed by atoms with Crippen molar-refractivity contribution >= 4 is 17.2 Å². The molecule has 0 aliphatic heterocycles.